The van der Waals surface area contributed by atoms with Crippen molar-refractivity contribution in [2.24, 2.45) is 5.41 Å². The molecular formula is C24H41N3O3. The molecule has 0 aliphatic carbocycles. The normalized spacial score (nSPS) is 19.8. The smallest absolute Gasteiger partial charge is 0.319 e. The number of likely N-dealkylation sites (tertiary alicyclic amines) is 1. The Labute approximate surface area is 183 Å². The van der Waals surface area contributed by atoms with Crippen LogP contribution in [0.2, 0.25) is 0 Å². The molecular weight excluding hydrogens is 378 g/mol. The van der Waals surface area contributed by atoms with E-state index in [2.05, 4.69) is 17.6 Å². The van der Waals surface area contributed by atoms with E-state index < -0.39 is 0 Å². The Morgan fingerprint density at radius 3 is 2.43 bits per heavy atom. The lowest BCUT2D eigenvalue weighted by molar-refractivity contribution is 0.0224. The van der Waals surface area contributed by atoms with Crippen molar-refractivity contribution < 1.29 is 14.3 Å². The zero-order valence-electron chi connectivity index (χ0n) is 19.5. The van der Waals surface area contributed by atoms with Gasteiger partial charge in [-0.1, -0.05) is 12.7 Å². The van der Waals surface area contributed by atoms with E-state index in [0.717, 1.165) is 43.7 Å². The Morgan fingerprint density at radius 1 is 1.17 bits per heavy atom. The van der Waals surface area contributed by atoms with Gasteiger partial charge in [0.2, 0.25) is 0 Å². The summed E-state index contributed by atoms with van der Waals surface area (Å²) in [6.45, 7) is 12.7. The summed E-state index contributed by atoms with van der Waals surface area (Å²) in [6.07, 6.45) is 11.5. The van der Waals surface area contributed by atoms with Gasteiger partial charge in [0.25, 0.3) is 0 Å². The lowest BCUT2D eigenvalue weighted by Gasteiger charge is -2.41. The van der Waals surface area contributed by atoms with Gasteiger partial charge >= 0.3 is 6.03 Å². The second kappa shape index (κ2) is 12.2. The van der Waals surface area contributed by atoms with E-state index in [-0.39, 0.29) is 11.4 Å². The van der Waals surface area contributed by atoms with Crippen LogP contribution in [0.1, 0.15) is 39.0 Å². The molecule has 2 aliphatic rings. The highest BCUT2D eigenvalue weighted by Gasteiger charge is 2.36. The molecule has 2 fully saturated rings. The molecule has 0 aromatic rings. The van der Waals surface area contributed by atoms with Crippen molar-refractivity contribution in [1.29, 1.82) is 0 Å². The molecule has 0 spiro atoms. The van der Waals surface area contributed by atoms with Crippen molar-refractivity contribution >= 4 is 6.03 Å². The molecule has 0 bridgehead atoms. The van der Waals surface area contributed by atoms with Gasteiger partial charge in [-0.25, -0.2) is 4.79 Å². The molecule has 2 aliphatic heterocycles. The summed E-state index contributed by atoms with van der Waals surface area (Å²) in [5, 5.41) is 0. The average Bonchev–Trinajstić information content (AvgIpc) is 3.26. The van der Waals surface area contributed by atoms with Crippen molar-refractivity contribution in [3.63, 3.8) is 0 Å². The monoisotopic (exact) mass is 419 g/mol. The highest BCUT2D eigenvalue weighted by atomic mass is 16.5. The number of rotatable bonds is 10. The van der Waals surface area contributed by atoms with Gasteiger partial charge in [0.05, 0.1) is 6.61 Å². The lowest BCUT2D eigenvalue weighted by Crippen LogP contribution is -2.46. The number of hydrogen-bond donors (Lipinski definition) is 0. The van der Waals surface area contributed by atoms with Crippen molar-refractivity contribution in [2.75, 3.05) is 67.1 Å². The highest BCUT2D eigenvalue weighted by molar-refractivity contribution is 5.73. The molecule has 2 rings (SSSR count). The fraction of sp³-hybridized carbons (Fsp3) is 0.708. The van der Waals surface area contributed by atoms with E-state index in [0.29, 0.717) is 19.8 Å². The van der Waals surface area contributed by atoms with Gasteiger partial charge in [0, 0.05) is 52.9 Å². The van der Waals surface area contributed by atoms with Crippen molar-refractivity contribution in [1.82, 2.24) is 14.7 Å². The van der Waals surface area contributed by atoms with Crippen molar-refractivity contribution in [3.05, 3.63) is 36.1 Å². The number of carbonyl (C=O) groups is 1. The SMILES string of the molecule is C=C(/C=C\C(=C/C)OCCCN1CCCC1)C1(CN(C)C(=O)N(C)C)CCOCC1. The first kappa shape index (κ1) is 24.5. The van der Waals surface area contributed by atoms with Crippen LogP contribution in [0.15, 0.2) is 36.1 Å². The fourth-order valence-corrected chi connectivity index (χ4v) is 4.28. The zero-order chi connectivity index (χ0) is 22.0. The first-order valence-electron chi connectivity index (χ1n) is 11.3. The standard InChI is InChI=1S/C24H41N3O3/c1-6-22(30-17-9-16-27-14-7-8-15-27)11-10-21(2)24(12-18-29-19-13-24)20-26(5)23(28)25(3)4/h6,10-11H,2,7-9,12-20H2,1,3-5H3/b11-10-,22-6+. The van der Waals surface area contributed by atoms with Crippen LogP contribution in [0.5, 0.6) is 0 Å². The van der Waals surface area contributed by atoms with Gasteiger partial charge < -0.3 is 24.2 Å². The Balaban J connectivity index is 1.92. The molecule has 2 saturated heterocycles. The quantitative estimate of drug-likeness (QED) is 0.306. The molecule has 0 N–H and O–H groups in total. The molecule has 2 heterocycles. The van der Waals surface area contributed by atoms with Gasteiger partial charge in [-0.05, 0) is 69.8 Å². The maximum atomic E-state index is 12.4. The number of urea groups is 1. The molecule has 6 nitrogen and oxygen atoms in total. The maximum absolute atomic E-state index is 12.4. The molecule has 6 heteroatoms. The third-order valence-electron chi connectivity index (χ3n) is 6.20. The van der Waals surface area contributed by atoms with Gasteiger partial charge in [-0.15, -0.1) is 0 Å². The highest BCUT2D eigenvalue weighted by Crippen LogP contribution is 2.39. The summed E-state index contributed by atoms with van der Waals surface area (Å²) in [4.78, 5) is 18.3. The second-order valence-corrected chi connectivity index (χ2v) is 8.73. The Kier molecular flexibility index (Phi) is 9.92. The maximum Gasteiger partial charge on any atom is 0.319 e. The van der Waals surface area contributed by atoms with E-state index >= 15 is 0 Å². The minimum absolute atomic E-state index is 0.00752. The molecule has 0 atom stereocenters. The van der Waals surface area contributed by atoms with E-state index in [1.807, 2.05) is 26.1 Å². The summed E-state index contributed by atoms with van der Waals surface area (Å²) in [5.41, 5.74) is 0.869. The van der Waals surface area contributed by atoms with Gasteiger partial charge in [-0.2, -0.15) is 0 Å². The molecule has 0 saturated carbocycles. The van der Waals surface area contributed by atoms with Crippen LogP contribution < -0.4 is 0 Å². The summed E-state index contributed by atoms with van der Waals surface area (Å²) < 4.78 is 11.6. The molecule has 0 unspecified atom stereocenters. The van der Waals surface area contributed by atoms with Crippen LogP contribution in [0, 0.1) is 5.41 Å². The molecule has 30 heavy (non-hydrogen) atoms. The van der Waals surface area contributed by atoms with Gasteiger partial charge in [0.15, 0.2) is 0 Å². The predicted molar refractivity (Wildman–Crippen MR) is 122 cm³/mol. The second-order valence-electron chi connectivity index (χ2n) is 8.73. The van der Waals surface area contributed by atoms with Crippen molar-refractivity contribution in [3.8, 4) is 0 Å². The molecule has 2 amide bonds. The van der Waals surface area contributed by atoms with E-state index in [1.54, 1.807) is 23.9 Å². The van der Waals surface area contributed by atoms with E-state index in [4.69, 9.17) is 9.47 Å². The van der Waals surface area contributed by atoms with Crippen LogP contribution in [0.4, 0.5) is 4.79 Å². The zero-order valence-corrected chi connectivity index (χ0v) is 19.5. The van der Waals surface area contributed by atoms with Crippen LogP contribution in [0.3, 0.4) is 0 Å². The molecule has 0 radical (unpaired) electrons. The van der Waals surface area contributed by atoms with Crippen LogP contribution in [-0.4, -0.2) is 87.9 Å². The Morgan fingerprint density at radius 2 is 1.83 bits per heavy atom. The van der Waals surface area contributed by atoms with E-state index in [1.165, 1.54) is 25.9 Å². The molecule has 170 valence electrons. The first-order chi connectivity index (χ1) is 14.4. The number of carbonyl (C=O) groups excluding carboxylic acids is 1. The first-order valence-corrected chi connectivity index (χ1v) is 11.3. The predicted octanol–water partition coefficient (Wildman–Crippen LogP) is 3.92. The van der Waals surface area contributed by atoms with Crippen molar-refractivity contribution in [2.45, 2.75) is 39.0 Å². The molecule has 0 aromatic carbocycles. The van der Waals surface area contributed by atoms with Gasteiger partial charge in [0.1, 0.15) is 5.76 Å². The third-order valence-corrected chi connectivity index (χ3v) is 6.20. The minimum Gasteiger partial charge on any atom is -0.494 e. The van der Waals surface area contributed by atoms with Crippen LogP contribution in [0.25, 0.3) is 0 Å². The number of ether oxygens (including phenoxy) is 2. The number of amides is 2. The average molecular weight is 420 g/mol. The summed E-state index contributed by atoms with van der Waals surface area (Å²) in [6, 6.07) is 0.00752. The summed E-state index contributed by atoms with van der Waals surface area (Å²) in [5.74, 6) is 0.873. The minimum atomic E-state index is -0.163. The topological polar surface area (TPSA) is 45.2 Å². The largest absolute Gasteiger partial charge is 0.494 e. The third kappa shape index (κ3) is 7.17. The van der Waals surface area contributed by atoms with E-state index in [9.17, 15) is 4.79 Å². The van der Waals surface area contributed by atoms with Crippen LogP contribution in [-0.2, 0) is 9.47 Å². The Bertz CT molecular complexity index is 615. The number of nitrogens with zero attached hydrogens (tertiary/aromatic N) is 3. The fourth-order valence-electron chi connectivity index (χ4n) is 4.28. The Hall–Kier alpha value is -1.79. The number of hydrogen-bond acceptors (Lipinski definition) is 4. The van der Waals surface area contributed by atoms with Gasteiger partial charge in [-0.3, -0.25) is 0 Å². The number of allylic oxidation sites excluding steroid dienone is 3. The van der Waals surface area contributed by atoms with Crippen LogP contribution >= 0.6 is 0 Å². The molecule has 0 aromatic heterocycles. The summed E-state index contributed by atoms with van der Waals surface area (Å²) in [7, 11) is 5.42. The summed E-state index contributed by atoms with van der Waals surface area (Å²) >= 11 is 0. The lowest BCUT2D eigenvalue weighted by atomic mass is 9.73.